The molecule has 2 rings (SSSR count). The molecule has 0 nitrogen and oxygen atoms in total. The van der Waals surface area contributed by atoms with Gasteiger partial charge in [0, 0.05) is 3.58 Å². The van der Waals surface area contributed by atoms with E-state index in [1.165, 1.54) is 35.0 Å². The van der Waals surface area contributed by atoms with Gasteiger partial charge in [0.15, 0.2) is 0 Å². The van der Waals surface area contributed by atoms with Crippen molar-refractivity contribution >= 4 is 26.2 Å². The molecule has 1 unspecified atom stereocenters. The Kier molecular flexibility index (Phi) is 4.16. The van der Waals surface area contributed by atoms with Gasteiger partial charge in [-0.25, -0.2) is 4.39 Å². The molecule has 1 aliphatic carbocycles. The van der Waals surface area contributed by atoms with Crippen LogP contribution in [0.2, 0.25) is 0 Å². The van der Waals surface area contributed by atoms with E-state index in [4.69, 9.17) is 0 Å². The van der Waals surface area contributed by atoms with E-state index in [9.17, 15) is 4.39 Å². The molecule has 1 aromatic rings. The maximum atomic E-state index is 12.8. The Balaban J connectivity index is 2.14. The number of rotatable bonds is 2. The summed E-state index contributed by atoms with van der Waals surface area (Å²) in [6.07, 6.45) is 10.5. The minimum atomic E-state index is -0.175. The third-order valence-corrected chi connectivity index (χ3v) is 3.75. The number of halogens is 2. The van der Waals surface area contributed by atoms with Crippen molar-refractivity contribution in [3.8, 4) is 0 Å². The molecule has 0 fully saturated rings. The van der Waals surface area contributed by atoms with Crippen LogP contribution in [-0.4, -0.2) is 0 Å². The van der Waals surface area contributed by atoms with Crippen molar-refractivity contribution in [3.63, 3.8) is 0 Å². The van der Waals surface area contributed by atoms with Crippen molar-refractivity contribution in [3.05, 3.63) is 53.9 Å². The van der Waals surface area contributed by atoms with Gasteiger partial charge in [-0.05, 0) is 65.5 Å². The fourth-order valence-corrected chi connectivity index (χ4v) is 2.69. The third-order valence-electron chi connectivity index (χ3n) is 2.77. The molecule has 0 aromatic heterocycles. The van der Waals surface area contributed by atoms with Gasteiger partial charge < -0.3 is 0 Å². The Morgan fingerprint density at radius 3 is 2.69 bits per heavy atom. The zero-order valence-corrected chi connectivity index (χ0v) is 11.2. The van der Waals surface area contributed by atoms with E-state index in [0.29, 0.717) is 5.92 Å². The van der Waals surface area contributed by atoms with Gasteiger partial charge in [-0.3, -0.25) is 0 Å². The second-order valence-corrected chi connectivity index (χ2v) is 5.21. The Morgan fingerprint density at radius 2 is 2.06 bits per heavy atom. The molecule has 16 heavy (non-hydrogen) atoms. The van der Waals surface area contributed by atoms with Gasteiger partial charge in [-0.1, -0.05) is 30.4 Å². The fourth-order valence-electron chi connectivity index (χ4n) is 1.87. The molecule has 1 atom stereocenters. The summed E-state index contributed by atoms with van der Waals surface area (Å²) in [5.74, 6) is 0.371. The molecule has 84 valence electrons. The largest absolute Gasteiger partial charge is 0.207 e. The van der Waals surface area contributed by atoms with Crippen molar-refractivity contribution in [2.75, 3.05) is 0 Å². The van der Waals surface area contributed by atoms with Crippen molar-refractivity contribution in [1.29, 1.82) is 0 Å². The topological polar surface area (TPSA) is 0 Å². The normalized spacial score (nSPS) is 21.1. The average Bonchev–Trinajstić information content (AvgIpc) is 2.31. The van der Waals surface area contributed by atoms with E-state index in [2.05, 4.69) is 40.8 Å². The van der Waals surface area contributed by atoms with E-state index in [-0.39, 0.29) is 5.82 Å². The molecular formula is C14H14FI. The van der Waals surface area contributed by atoms with Crippen molar-refractivity contribution in [1.82, 2.24) is 0 Å². The lowest BCUT2D eigenvalue weighted by Gasteiger charge is -2.12. The third kappa shape index (κ3) is 3.17. The van der Waals surface area contributed by atoms with Crippen LogP contribution in [0.4, 0.5) is 4.39 Å². The van der Waals surface area contributed by atoms with Gasteiger partial charge in [-0.15, -0.1) is 0 Å². The quantitative estimate of drug-likeness (QED) is 0.532. The highest BCUT2D eigenvalue weighted by molar-refractivity contribution is 14.1. The first-order valence-corrected chi connectivity index (χ1v) is 6.63. The average molecular weight is 328 g/mol. The summed E-state index contributed by atoms with van der Waals surface area (Å²) in [5.41, 5.74) is 1.10. The first kappa shape index (κ1) is 11.8. The van der Waals surface area contributed by atoms with E-state index < -0.39 is 0 Å². The Labute approximate surface area is 109 Å². The first-order valence-electron chi connectivity index (χ1n) is 5.55. The molecule has 0 bridgehead atoms. The Hall–Kier alpha value is -0.640. The smallest absolute Gasteiger partial charge is 0.123 e. The standard InChI is InChI=1S/C14H14FI/c15-13-8-6-12(7-9-13)14(16)10-11-4-2-1-3-5-11/h2,4,6-11H,1,3,5H2/b14-10+. The maximum Gasteiger partial charge on any atom is 0.123 e. The highest BCUT2D eigenvalue weighted by Gasteiger charge is 2.07. The van der Waals surface area contributed by atoms with Gasteiger partial charge in [-0.2, -0.15) is 0 Å². The summed E-state index contributed by atoms with van der Waals surface area (Å²) in [7, 11) is 0. The van der Waals surface area contributed by atoms with Crippen LogP contribution in [0.5, 0.6) is 0 Å². The van der Waals surface area contributed by atoms with E-state index in [0.717, 1.165) is 5.56 Å². The molecule has 0 N–H and O–H groups in total. The summed E-state index contributed by atoms with van der Waals surface area (Å²) in [5, 5.41) is 0. The lowest BCUT2D eigenvalue weighted by Crippen LogP contribution is -1.97. The molecule has 0 spiro atoms. The highest BCUT2D eigenvalue weighted by Crippen LogP contribution is 2.27. The van der Waals surface area contributed by atoms with E-state index >= 15 is 0 Å². The molecule has 0 radical (unpaired) electrons. The summed E-state index contributed by atoms with van der Waals surface area (Å²) < 4.78 is 14.0. The van der Waals surface area contributed by atoms with Crippen molar-refractivity contribution in [2.45, 2.75) is 19.3 Å². The molecule has 0 saturated heterocycles. The van der Waals surface area contributed by atoms with E-state index in [1.807, 2.05) is 12.1 Å². The molecule has 2 heteroatoms. The molecular weight excluding hydrogens is 314 g/mol. The highest BCUT2D eigenvalue weighted by atomic mass is 127. The SMILES string of the molecule is Fc1ccc(/C(I)=C\C2C=CCCC2)cc1. The lowest BCUT2D eigenvalue weighted by atomic mass is 9.95. The van der Waals surface area contributed by atoms with Crippen LogP contribution >= 0.6 is 22.6 Å². The Morgan fingerprint density at radius 1 is 1.31 bits per heavy atom. The van der Waals surface area contributed by atoms with Gasteiger partial charge in [0.25, 0.3) is 0 Å². The number of hydrogen-bond donors (Lipinski definition) is 0. The fraction of sp³-hybridized carbons (Fsp3) is 0.286. The molecule has 1 aromatic carbocycles. The zero-order chi connectivity index (χ0) is 11.4. The summed E-state index contributed by atoms with van der Waals surface area (Å²) in [4.78, 5) is 0. The van der Waals surface area contributed by atoms with Gasteiger partial charge in [0.05, 0.1) is 0 Å². The minimum absolute atomic E-state index is 0.175. The second kappa shape index (κ2) is 5.62. The van der Waals surface area contributed by atoms with Gasteiger partial charge in [0.2, 0.25) is 0 Å². The van der Waals surface area contributed by atoms with Crippen LogP contribution in [0.1, 0.15) is 24.8 Å². The molecule has 0 saturated carbocycles. The Bertz CT molecular complexity index is 403. The first-order chi connectivity index (χ1) is 7.75. The number of allylic oxidation sites excluding steroid dienone is 3. The lowest BCUT2D eigenvalue weighted by molar-refractivity contribution is 0.627. The van der Waals surface area contributed by atoms with Crippen LogP contribution in [0.25, 0.3) is 3.58 Å². The predicted molar refractivity (Wildman–Crippen MR) is 74.9 cm³/mol. The maximum absolute atomic E-state index is 12.8. The van der Waals surface area contributed by atoms with Crippen molar-refractivity contribution in [2.24, 2.45) is 5.92 Å². The van der Waals surface area contributed by atoms with E-state index in [1.54, 1.807) is 0 Å². The number of hydrogen-bond acceptors (Lipinski definition) is 0. The van der Waals surface area contributed by atoms with Crippen LogP contribution in [-0.2, 0) is 0 Å². The summed E-state index contributed by atoms with van der Waals surface area (Å²) >= 11 is 2.33. The van der Waals surface area contributed by atoms with Gasteiger partial charge >= 0.3 is 0 Å². The monoisotopic (exact) mass is 328 g/mol. The predicted octanol–water partition coefficient (Wildman–Crippen LogP) is 4.96. The summed E-state index contributed by atoms with van der Waals surface area (Å²) in [6.45, 7) is 0. The van der Waals surface area contributed by atoms with Gasteiger partial charge in [0.1, 0.15) is 5.82 Å². The molecule has 1 aliphatic rings. The molecule has 0 heterocycles. The van der Waals surface area contributed by atoms with Crippen LogP contribution < -0.4 is 0 Å². The van der Waals surface area contributed by atoms with Crippen molar-refractivity contribution < 1.29 is 4.39 Å². The molecule has 0 amide bonds. The molecule has 0 aliphatic heterocycles. The second-order valence-electron chi connectivity index (χ2n) is 4.04. The van der Waals surface area contributed by atoms with Crippen LogP contribution in [0.3, 0.4) is 0 Å². The zero-order valence-electron chi connectivity index (χ0n) is 9.00. The van der Waals surface area contributed by atoms with Crippen LogP contribution in [0, 0.1) is 11.7 Å². The summed E-state index contributed by atoms with van der Waals surface area (Å²) in [6, 6.07) is 6.69. The number of benzene rings is 1. The van der Waals surface area contributed by atoms with Crippen LogP contribution in [0.15, 0.2) is 42.5 Å². The minimum Gasteiger partial charge on any atom is -0.207 e.